The van der Waals surface area contributed by atoms with E-state index in [1.807, 2.05) is 0 Å². The van der Waals surface area contributed by atoms with Crippen molar-refractivity contribution < 1.29 is 36.6 Å². The summed E-state index contributed by atoms with van der Waals surface area (Å²) in [5.74, 6) is -1.41. The van der Waals surface area contributed by atoms with E-state index in [9.17, 15) is 13.6 Å². The molecule has 0 atom stereocenters. The molecule has 0 saturated carbocycles. The molecule has 0 aromatic rings. The van der Waals surface area contributed by atoms with Crippen LogP contribution in [0.2, 0.25) is 0 Å². The van der Waals surface area contributed by atoms with Crippen LogP contribution in [0.5, 0.6) is 0 Å². The first-order valence-electron chi connectivity index (χ1n) is 2.39. The van der Waals surface area contributed by atoms with Gasteiger partial charge in [0, 0.05) is 0 Å². The Hall–Kier alpha value is 0.433. The van der Waals surface area contributed by atoms with Crippen LogP contribution in [0.25, 0.3) is 0 Å². The number of esters is 1. The van der Waals surface area contributed by atoms with E-state index in [0.29, 0.717) is 0 Å². The summed E-state index contributed by atoms with van der Waals surface area (Å²) in [5, 5.41) is 0. The molecule has 0 aliphatic heterocycles. The molecule has 2 nitrogen and oxygen atoms in total. The SMILES string of the molecule is Br.CCOC(=O)[C](F)(F)[Zn]. The normalized spacial score (nSPS) is 10.1. The Labute approximate surface area is 77.8 Å². The molecule has 0 amide bonds. The predicted octanol–water partition coefficient (Wildman–Crippen LogP) is 1.27. The zero-order chi connectivity index (χ0) is 7.49. The van der Waals surface area contributed by atoms with E-state index in [0.717, 1.165) is 0 Å². The molecule has 0 heterocycles. The monoisotopic (exact) mass is 267 g/mol. The second-order valence-corrected chi connectivity index (χ2v) is 3.29. The Balaban J connectivity index is 0. The predicted molar refractivity (Wildman–Crippen MR) is 31.9 cm³/mol. The van der Waals surface area contributed by atoms with Crippen molar-refractivity contribution in [3.8, 4) is 0 Å². The number of hydrogen-bond donors (Lipinski definition) is 0. The number of rotatable bonds is 2. The second kappa shape index (κ2) is 5.13. The standard InChI is InChI=1S/C4H5F2O2.BrH.Zn/c1-2-8-4(7)3(5)6;;/h2H2,1H3;1H;. The minimum absolute atomic E-state index is 0. The second-order valence-electron chi connectivity index (χ2n) is 1.42. The molecular weight excluding hydrogens is 263 g/mol. The molecule has 0 aromatic heterocycles. The summed E-state index contributed by atoms with van der Waals surface area (Å²) in [5.41, 5.74) is 0. The molecule has 0 rings (SSSR count). The summed E-state index contributed by atoms with van der Waals surface area (Å²) in [4.78, 5) is 10.1. The molecule has 0 N–H and O–H groups in total. The summed E-state index contributed by atoms with van der Waals surface area (Å²) in [6, 6.07) is 0. The first-order chi connectivity index (χ1) is 3.98. The molecule has 0 spiro atoms. The van der Waals surface area contributed by atoms with Gasteiger partial charge in [0.15, 0.2) is 0 Å². The van der Waals surface area contributed by atoms with Crippen LogP contribution < -0.4 is 0 Å². The van der Waals surface area contributed by atoms with Crippen molar-refractivity contribution in [3.05, 3.63) is 0 Å². The van der Waals surface area contributed by atoms with Gasteiger partial charge in [0.1, 0.15) is 0 Å². The molecule has 0 unspecified atom stereocenters. The number of carbonyl (C=O) groups excluding carboxylic acids is 1. The van der Waals surface area contributed by atoms with Crippen LogP contribution in [0.1, 0.15) is 6.92 Å². The van der Waals surface area contributed by atoms with E-state index < -0.39 is 10.5 Å². The first kappa shape index (κ1) is 13.1. The zero-order valence-electron chi connectivity index (χ0n) is 5.39. The van der Waals surface area contributed by atoms with Crippen molar-refractivity contribution in [2.45, 2.75) is 11.4 Å². The van der Waals surface area contributed by atoms with Gasteiger partial charge in [-0.15, -0.1) is 17.0 Å². The van der Waals surface area contributed by atoms with E-state index in [2.05, 4.69) is 4.74 Å². The molecule has 57 valence electrons. The van der Waals surface area contributed by atoms with Gasteiger partial charge in [-0.1, -0.05) is 0 Å². The minimum atomic E-state index is -3.23. The Morgan fingerprint density at radius 2 is 2.10 bits per heavy atom. The third kappa shape index (κ3) is 5.24. The van der Waals surface area contributed by atoms with Gasteiger partial charge in [-0.2, -0.15) is 0 Å². The topological polar surface area (TPSA) is 26.3 Å². The summed E-state index contributed by atoms with van der Waals surface area (Å²) in [7, 11) is 0. The van der Waals surface area contributed by atoms with Gasteiger partial charge in [0.25, 0.3) is 0 Å². The van der Waals surface area contributed by atoms with Crippen molar-refractivity contribution in [1.29, 1.82) is 0 Å². The number of ether oxygens (including phenoxy) is 1. The average Bonchev–Trinajstić information content (AvgIpc) is 1.64. The molecule has 0 saturated heterocycles. The van der Waals surface area contributed by atoms with E-state index >= 15 is 0 Å². The van der Waals surface area contributed by atoms with Crippen molar-refractivity contribution in [2.24, 2.45) is 0 Å². The number of halogens is 3. The van der Waals surface area contributed by atoms with Crippen LogP contribution in [0, 0.1) is 0 Å². The molecular formula is C4H6BrF2O2Zn. The van der Waals surface area contributed by atoms with Gasteiger partial charge >= 0.3 is 60.6 Å². The third-order valence-corrected chi connectivity index (χ3v) is 1.18. The summed E-state index contributed by atoms with van der Waals surface area (Å²) in [6.07, 6.45) is 0. The number of carbonyl (C=O) groups is 1. The quantitative estimate of drug-likeness (QED) is 0.557. The molecule has 6 heteroatoms. The fourth-order valence-corrected chi connectivity index (χ4v) is 0.451. The fourth-order valence-electron chi connectivity index (χ4n) is 0.237. The van der Waals surface area contributed by atoms with Crippen LogP contribution in [0.4, 0.5) is 8.78 Å². The number of alkyl halides is 2. The van der Waals surface area contributed by atoms with Gasteiger partial charge < -0.3 is 0 Å². The number of hydrogen-bond acceptors (Lipinski definition) is 2. The average molecular weight is 269 g/mol. The van der Waals surface area contributed by atoms with Gasteiger partial charge in [0.2, 0.25) is 0 Å². The molecule has 0 bridgehead atoms. The Bertz CT molecular complexity index is 114. The van der Waals surface area contributed by atoms with Crippen molar-refractivity contribution in [2.75, 3.05) is 6.61 Å². The van der Waals surface area contributed by atoms with Crippen molar-refractivity contribution in [3.63, 3.8) is 0 Å². The van der Waals surface area contributed by atoms with Crippen molar-refractivity contribution in [1.82, 2.24) is 0 Å². The molecule has 10 heavy (non-hydrogen) atoms. The van der Waals surface area contributed by atoms with Crippen LogP contribution in [-0.2, 0) is 27.8 Å². The van der Waals surface area contributed by atoms with Gasteiger partial charge in [-0.25, -0.2) is 0 Å². The molecule has 0 fully saturated rings. The van der Waals surface area contributed by atoms with Gasteiger partial charge in [-0.3, -0.25) is 0 Å². The summed E-state index contributed by atoms with van der Waals surface area (Å²) in [6.45, 7) is 1.50. The van der Waals surface area contributed by atoms with Crippen LogP contribution in [0.15, 0.2) is 0 Å². The molecule has 0 radical (unpaired) electrons. The van der Waals surface area contributed by atoms with E-state index in [4.69, 9.17) is 0 Å². The maximum absolute atomic E-state index is 11.9. The van der Waals surface area contributed by atoms with Crippen molar-refractivity contribution >= 4 is 23.0 Å². The summed E-state index contributed by atoms with van der Waals surface area (Å²) >= 11 is -0.383. The molecule has 0 aliphatic carbocycles. The third-order valence-electron chi connectivity index (χ3n) is 0.574. The summed E-state index contributed by atoms with van der Waals surface area (Å²) < 4.78 is 24.6. The van der Waals surface area contributed by atoms with E-state index in [-0.39, 0.29) is 41.9 Å². The van der Waals surface area contributed by atoms with Crippen LogP contribution in [-0.4, -0.2) is 17.1 Å². The van der Waals surface area contributed by atoms with E-state index in [1.165, 1.54) is 6.92 Å². The van der Waals surface area contributed by atoms with Crippen LogP contribution in [0.3, 0.4) is 0 Å². The van der Waals surface area contributed by atoms with E-state index in [1.54, 1.807) is 0 Å². The zero-order valence-corrected chi connectivity index (χ0v) is 10.1. The molecule has 0 aromatic carbocycles. The van der Waals surface area contributed by atoms with Gasteiger partial charge in [0.05, 0.1) is 0 Å². The molecule has 0 aliphatic rings. The van der Waals surface area contributed by atoms with Gasteiger partial charge in [-0.05, 0) is 0 Å². The van der Waals surface area contributed by atoms with Crippen LogP contribution >= 0.6 is 17.0 Å². The Morgan fingerprint density at radius 1 is 1.70 bits per heavy atom. The fraction of sp³-hybridized carbons (Fsp3) is 0.750. The Kier molecular flexibility index (Phi) is 6.70. The maximum atomic E-state index is 11.9. The Morgan fingerprint density at radius 3 is 2.20 bits per heavy atom. The first-order valence-corrected chi connectivity index (χ1v) is 3.87.